The van der Waals surface area contributed by atoms with Crippen molar-refractivity contribution in [1.29, 1.82) is 0 Å². The van der Waals surface area contributed by atoms with E-state index in [4.69, 9.17) is 19.4 Å². The molecule has 3 aromatic carbocycles. The van der Waals surface area contributed by atoms with Crippen LogP contribution in [0.2, 0.25) is 0 Å². The fraction of sp³-hybridized carbons (Fsp3) is 0.469. The minimum absolute atomic E-state index is 0.118. The van der Waals surface area contributed by atoms with Gasteiger partial charge >= 0.3 is 6.09 Å². The van der Waals surface area contributed by atoms with Crippen LogP contribution in [0.15, 0.2) is 97.2 Å². The number of amides is 2. The second-order valence-electron chi connectivity index (χ2n) is 19.2. The number of aromatic nitrogens is 3. The Balaban J connectivity index is 1.43. The van der Waals surface area contributed by atoms with Gasteiger partial charge in [0.05, 0.1) is 24.6 Å². The minimum atomic E-state index is -0.435. The molecule has 10 nitrogen and oxygen atoms in total. The zero-order valence-electron chi connectivity index (χ0n) is 36.7. The Morgan fingerprint density at radius 3 is 1.83 bits per heavy atom. The summed E-state index contributed by atoms with van der Waals surface area (Å²) in [6.45, 7) is 21.7. The maximum absolute atomic E-state index is 15.1. The number of carbonyl (C=O) groups is 2. The van der Waals surface area contributed by atoms with Gasteiger partial charge in [0.2, 0.25) is 12.3 Å². The molecule has 1 aliphatic rings. The van der Waals surface area contributed by atoms with E-state index in [1.54, 1.807) is 4.90 Å². The predicted molar refractivity (Wildman–Crippen MR) is 236 cm³/mol. The van der Waals surface area contributed by atoms with Gasteiger partial charge in [-0.3, -0.25) is 14.1 Å². The van der Waals surface area contributed by atoms with Crippen molar-refractivity contribution in [2.75, 3.05) is 46.4 Å². The number of hydrogen-bond acceptors (Lipinski definition) is 7. The Kier molecular flexibility index (Phi) is 13.3. The van der Waals surface area contributed by atoms with Crippen LogP contribution in [-0.4, -0.2) is 99.1 Å². The molecular weight excluding hydrogens is 737 g/mol. The standard InChI is InChI=1S/C49H64N6O4/c1-46(2,32-48(5,6)52(9)36-56)34-53(35-47(3,4)33-49(7,8)54-25-27-58-28-26-54)45(57)59-44-41(30-38-21-15-11-16-22-38)51-43-40(29-37-19-13-10-14-20-37)50-42(31-55(43)44)39-23-17-12-18-24-39/h10-24,31,36H,25-30,32-35H2,1-9H3. The highest BCUT2D eigenvalue weighted by molar-refractivity contribution is 5.72. The highest BCUT2D eigenvalue weighted by Crippen LogP contribution is 2.37. The van der Waals surface area contributed by atoms with Crippen LogP contribution in [0, 0.1) is 10.8 Å². The molecule has 0 atom stereocenters. The Labute approximate surface area is 351 Å². The summed E-state index contributed by atoms with van der Waals surface area (Å²) >= 11 is 0. The molecule has 0 radical (unpaired) electrons. The molecule has 2 amide bonds. The lowest BCUT2D eigenvalue weighted by Crippen LogP contribution is -2.54. The van der Waals surface area contributed by atoms with Crippen LogP contribution >= 0.6 is 0 Å². The molecule has 2 aromatic heterocycles. The van der Waals surface area contributed by atoms with Gasteiger partial charge in [0.1, 0.15) is 5.69 Å². The van der Waals surface area contributed by atoms with Gasteiger partial charge in [-0.2, -0.15) is 0 Å². The number of morpholine rings is 1. The number of rotatable bonds is 17. The van der Waals surface area contributed by atoms with E-state index in [9.17, 15) is 4.79 Å². The molecule has 0 N–H and O–H groups in total. The number of ether oxygens (including phenoxy) is 2. The summed E-state index contributed by atoms with van der Waals surface area (Å²) in [5.74, 6) is 0.387. The molecule has 0 aliphatic carbocycles. The summed E-state index contributed by atoms with van der Waals surface area (Å²) in [6.07, 6.45) is 4.94. The Morgan fingerprint density at radius 1 is 0.746 bits per heavy atom. The van der Waals surface area contributed by atoms with Crippen molar-refractivity contribution < 1.29 is 19.1 Å². The van der Waals surface area contributed by atoms with E-state index in [1.165, 1.54) is 0 Å². The van der Waals surface area contributed by atoms with Gasteiger partial charge in [-0.1, -0.05) is 119 Å². The summed E-state index contributed by atoms with van der Waals surface area (Å²) in [5.41, 5.74) is 4.76. The van der Waals surface area contributed by atoms with Gasteiger partial charge in [0.15, 0.2) is 5.65 Å². The normalized spacial score (nSPS) is 14.3. The minimum Gasteiger partial charge on any atom is -0.391 e. The average molecular weight is 801 g/mol. The van der Waals surface area contributed by atoms with Crippen LogP contribution < -0.4 is 4.74 Å². The largest absolute Gasteiger partial charge is 0.416 e. The van der Waals surface area contributed by atoms with Crippen LogP contribution in [0.25, 0.3) is 16.9 Å². The molecule has 59 heavy (non-hydrogen) atoms. The van der Waals surface area contributed by atoms with Crippen LogP contribution in [0.1, 0.15) is 90.7 Å². The molecule has 1 fully saturated rings. The lowest BCUT2D eigenvalue weighted by molar-refractivity contribution is -0.122. The number of nitrogens with zero attached hydrogens (tertiary/aromatic N) is 6. The lowest BCUT2D eigenvalue weighted by Gasteiger charge is -2.47. The summed E-state index contributed by atoms with van der Waals surface area (Å²) < 4.78 is 14.4. The summed E-state index contributed by atoms with van der Waals surface area (Å²) in [5, 5.41) is 0. The summed E-state index contributed by atoms with van der Waals surface area (Å²) in [7, 11) is 1.82. The molecule has 10 heteroatoms. The molecule has 5 aromatic rings. The Hall–Kier alpha value is -5.06. The SMILES string of the molecule is CN(C=O)C(C)(C)CC(C)(C)CN(CC(C)(C)CC(C)(C)N1CCOCC1)C(=O)Oc1c(Cc2ccccc2)nc2c(Cc3ccccc3)nc(-c3ccccc3)cn12. The fourth-order valence-electron chi connectivity index (χ4n) is 9.17. The van der Waals surface area contributed by atoms with Crippen LogP contribution in [0.5, 0.6) is 5.88 Å². The van der Waals surface area contributed by atoms with Gasteiger partial charge in [0.25, 0.3) is 0 Å². The van der Waals surface area contributed by atoms with Gasteiger partial charge in [-0.05, 0) is 62.5 Å². The Bertz CT molecular complexity index is 2160. The third kappa shape index (κ3) is 11.2. The highest BCUT2D eigenvalue weighted by Gasteiger charge is 2.40. The lowest BCUT2D eigenvalue weighted by atomic mass is 9.77. The van der Waals surface area contributed by atoms with E-state index in [0.717, 1.165) is 67.2 Å². The van der Waals surface area contributed by atoms with E-state index in [0.29, 0.717) is 49.6 Å². The average Bonchev–Trinajstić information content (AvgIpc) is 3.53. The maximum Gasteiger partial charge on any atom is 0.416 e. The van der Waals surface area contributed by atoms with Crippen molar-refractivity contribution >= 4 is 18.2 Å². The van der Waals surface area contributed by atoms with E-state index < -0.39 is 11.6 Å². The van der Waals surface area contributed by atoms with Crippen molar-refractivity contribution in [1.82, 2.24) is 29.1 Å². The molecule has 314 valence electrons. The molecule has 0 unspecified atom stereocenters. The van der Waals surface area contributed by atoms with Gasteiger partial charge < -0.3 is 19.3 Å². The summed E-state index contributed by atoms with van der Waals surface area (Å²) in [4.78, 5) is 43.6. The first-order valence-electron chi connectivity index (χ1n) is 21.0. The van der Waals surface area contributed by atoms with Gasteiger partial charge in [-0.25, -0.2) is 14.8 Å². The van der Waals surface area contributed by atoms with Crippen molar-refractivity contribution in [3.05, 3.63) is 120 Å². The molecule has 6 rings (SSSR count). The predicted octanol–water partition coefficient (Wildman–Crippen LogP) is 9.19. The molecule has 1 aliphatic heterocycles. The molecular formula is C49H64N6O4. The van der Waals surface area contributed by atoms with Crippen LogP contribution in [-0.2, 0) is 22.4 Å². The zero-order chi connectivity index (χ0) is 42.4. The summed E-state index contributed by atoms with van der Waals surface area (Å²) in [6, 6.07) is 30.5. The first kappa shape index (κ1) is 43.5. The second-order valence-corrected chi connectivity index (χ2v) is 19.2. The first-order valence-corrected chi connectivity index (χ1v) is 21.0. The topological polar surface area (TPSA) is 92.5 Å². The highest BCUT2D eigenvalue weighted by atomic mass is 16.6. The quantitative estimate of drug-likeness (QED) is 0.0867. The maximum atomic E-state index is 15.1. The third-order valence-electron chi connectivity index (χ3n) is 11.7. The first-order chi connectivity index (χ1) is 28.0. The van der Waals surface area contributed by atoms with Crippen LogP contribution in [0.4, 0.5) is 4.79 Å². The number of imidazole rings is 1. The zero-order valence-corrected chi connectivity index (χ0v) is 36.7. The van der Waals surface area contributed by atoms with Crippen LogP contribution in [0.3, 0.4) is 0 Å². The van der Waals surface area contributed by atoms with E-state index in [2.05, 4.69) is 84.6 Å². The monoisotopic (exact) mass is 800 g/mol. The second kappa shape index (κ2) is 18.1. The molecule has 0 saturated carbocycles. The van der Waals surface area contributed by atoms with E-state index in [1.807, 2.05) is 89.3 Å². The van der Waals surface area contributed by atoms with Crippen molar-refractivity contribution in [2.24, 2.45) is 10.8 Å². The number of benzene rings is 3. The fourth-order valence-corrected chi connectivity index (χ4v) is 9.17. The van der Waals surface area contributed by atoms with E-state index >= 15 is 4.79 Å². The van der Waals surface area contributed by atoms with Crippen molar-refractivity contribution in [3.63, 3.8) is 0 Å². The van der Waals surface area contributed by atoms with Gasteiger partial charge in [0, 0.05) is 68.9 Å². The Morgan fingerprint density at radius 2 is 1.27 bits per heavy atom. The number of hydrogen-bond donors (Lipinski definition) is 0. The molecule has 0 spiro atoms. The van der Waals surface area contributed by atoms with Crippen molar-refractivity contribution in [2.45, 2.75) is 92.2 Å². The molecule has 3 heterocycles. The van der Waals surface area contributed by atoms with Gasteiger partial charge in [-0.15, -0.1) is 0 Å². The smallest absolute Gasteiger partial charge is 0.391 e. The number of fused-ring (bicyclic) bond motifs is 1. The third-order valence-corrected chi connectivity index (χ3v) is 11.7. The number of carbonyl (C=O) groups excluding carboxylic acids is 2. The van der Waals surface area contributed by atoms with E-state index in [-0.39, 0.29) is 16.4 Å². The molecule has 0 bridgehead atoms. The van der Waals surface area contributed by atoms with Crippen molar-refractivity contribution in [3.8, 4) is 17.1 Å². The molecule has 1 saturated heterocycles.